The number of amides is 1. The zero-order chi connectivity index (χ0) is 25.5. The van der Waals surface area contributed by atoms with Gasteiger partial charge in [0.1, 0.15) is 22.8 Å². The molecule has 0 spiro atoms. The first kappa shape index (κ1) is 24.2. The average Bonchev–Trinajstić information content (AvgIpc) is 3.08. The molecule has 1 aliphatic heterocycles. The molecule has 1 amide bonds. The number of carboxylic acid groups (broad SMARTS) is 1. The lowest BCUT2D eigenvalue weighted by molar-refractivity contribution is -0.139. The Morgan fingerprint density at radius 2 is 1.91 bits per heavy atom. The van der Waals surface area contributed by atoms with Gasteiger partial charge in [0.05, 0.1) is 5.56 Å². The summed E-state index contributed by atoms with van der Waals surface area (Å²) in [6.45, 7) is 9.60. The third-order valence-corrected chi connectivity index (χ3v) is 6.38. The normalized spacial score (nSPS) is 16.7. The SMILES string of the molecule is C=C(c1nc(N)c2c(n1)NC(=O)C2(C)c1ccc(OCC(=O)O)cc1)c1ccc(Cl)cc1C(C)C. The van der Waals surface area contributed by atoms with Gasteiger partial charge in [-0.05, 0) is 53.8 Å². The van der Waals surface area contributed by atoms with Crippen LogP contribution in [-0.4, -0.2) is 33.6 Å². The Bertz CT molecular complexity index is 1350. The second-order valence-corrected chi connectivity index (χ2v) is 9.24. The first-order chi connectivity index (χ1) is 16.5. The van der Waals surface area contributed by atoms with E-state index in [1.807, 2.05) is 12.1 Å². The minimum absolute atomic E-state index is 0.165. The molecule has 2 aromatic carbocycles. The van der Waals surface area contributed by atoms with Gasteiger partial charge in [-0.15, -0.1) is 0 Å². The Morgan fingerprint density at radius 1 is 1.23 bits per heavy atom. The topological polar surface area (TPSA) is 127 Å². The lowest BCUT2D eigenvalue weighted by Crippen LogP contribution is -2.33. The highest BCUT2D eigenvalue weighted by Crippen LogP contribution is 2.45. The fourth-order valence-electron chi connectivity index (χ4n) is 4.25. The van der Waals surface area contributed by atoms with Crippen LogP contribution in [0.3, 0.4) is 0 Å². The van der Waals surface area contributed by atoms with Crippen LogP contribution in [0.1, 0.15) is 54.8 Å². The monoisotopic (exact) mass is 492 g/mol. The largest absolute Gasteiger partial charge is 0.482 e. The number of rotatable bonds is 7. The quantitative estimate of drug-likeness (QED) is 0.439. The zero-order valence-electron chi connectivity index (χ0n) is 19.6. The minimum atomic E-state index is -1.14. The van der Waals surface area contributed by atoms with Crippen molar-refractivity contribution in [3.05, 3.63) is 82.1 Å². The van der Waals surface area contributed by atoms with Crippen molar-refractivity contribution in [1.82, 2.24) is 9.97 Å². The molecule has 8 nitrogen and oxygen atoms in total. The Labute approximate surface area is 207 Å². The van der Waals surface area contributed by atoms with Crippen molar-refractivity contribution >= 4 is 40.7 Å². The van der Waals surface area contributed by atoms with E-state index in [-0.39, 0.29) is 17.6 Å². The summed E-state index contributed by atoms with van der Waals surface area (Å²) in [6.07, 6.45) is 0. The highest BCUT2D eigenvalue weighted by atomic mass is 35.5. The molecule has 1 aromatic heterocycles. The second kappa shape index (κ2) is 9.03. The molecule has 0 aliphatic carbocycles. The van der Waals surface area contributed by atoms with E-state index < -0.39 is 18.0 Å². The fraction of sp³-hybridized carbons (Fsp3) is 0.231. The van der Waals surface area contributed by atoms with Crippen LogP contribution in [0.4, 0.5) is 11.6 Å². The van der Waals surface area contributed by atoms with Gasteiger partial charge in [-0.1, -0.05) is 50.2 Å². The predicted molar refractivity (Wildman–Crippen MR) is 135 cm³/mol. The summed E-state index contributed by atoms with van der Waals surface area (Å²) in [6, 6.07) is 12.2. The van der Waals surface area contributed by atoms with E-state index in [2.05, 4.69) is 35.7 Å². The van der Waals surface area contributed by atoms with Crippen LogP contribution in [0.5, 0.6) is 5.75 Å². The second-order valence-electron chi connectivity index (χ2n) is 8.81. The van der Waals surface area contributed by atoms with Crippen molar-refractivity contribution in [2.45, 2.75) is 32.1 Å². The van der Waals surface area contributed by atoms with E-state index in [1.165, 1.54) is 0 Å². The first-order valence-electron chi connectivity index (χ1n) is 11.0. The van der Waals surface area contributed by atoms with Gasteiger partial charge >= 0.3 is 5.97 Å². The van der Waals surface area contributed by atoms with Crippen molar-refractivity contribution < 1.29 is 19.4 Å². The number of carbonyl (C=O) groups excluding carboxylic acids is 1. The number of nitrogens with two attached hydrogens (primary N) is 1. The molecule has 0 bridgehead atoms. The van der Waals surface area contributed by atoms with Crippen molar-refractivity contribution in [2.75, 3.05) is 17.7 Å². The number of hydrogen-bond acceptors (Lipinski definition) is 6. The number of anilines is 2. The standard InChI is InChI=1S/C26H25ClN4O4/c1-13(2)19-11-16(27)7-10-18(19)14(3)23-29-22(28)21-24(30-23)31-25(34)26(21,4)15-5-8-17(9-6-15)35-12-20(32)33/h5-11,13H,3,12H2,1-2,4H3,(H,32,33)(H3,28,29,30,31,34). The van der Waals surface area contributed by atoms with E-state index in [9.17, 15) is 9.59 Å². The highest BCUT2D eigenvalue weighted by molar-refractivity contribution is 6.30. The molecule has 2 heterocycles. The molecular weight excluding hydrogens is 468 g/mol. The lowest BCUT2D eigenvalue weighted by atomic mass is 9.77. The highest BCUT2D eigenvalue weighted by Gasteiger charge is 2.47. The first-order valence-corrected chi connectivity index (χ1v) is 11.3. The Hall–Kier alpha value is -3.91. The Morgan fingerprint density at radius 3 is 2.54 bits per heavy atom. The summed E-state index contributed by atoms with van der Waals surface area (Å²) in [7, 11) is 0. The molecule has 1 atom stereocenters. The zero-order valence-corrected chi connectivity index (χ0v) is 20.3. The summed E-state index contributed by atoms with van der Waals surface area (Å²) in [5.41, 5.74) is 8.79. The Kier molecular flexibility index (Phi) is 6.25. The summed E-state index contributed by atoms with van der Waals surface area (Å²) in [4.78, 5) is 33.0. The number of nitrogens with one attached hydrogen (secondary N) is 1. The Balaban J connectivity index is 1.72. The van der Waals surface area contributed by atoms with Gasteiger partial charge in [0, 0.05) is 10.6 Å². The summed E-state index contributed by atoms with van der Waals surface area (Å²) in [5.74, 6) is -0.00893. The predicted octanol–water partition coefficient (Wildman–Crippen LogP) is 4.62. The lowest BCUT2D eigenvalue weighted by Gasteiger charge is -2.24. The van der Waals surface area contributed by atoms with Gasteiger partial charge in [0.25, 0.3) is 0 Å². The number of carbonyl (C=O) groups is 2. The van der Waals surface area contributed by atoms with Gasteiger partial charge in [0.15, 0.2) is 12.4 Å². The molecule has 0 radical (unpaired) electrons. The van der Waals surface area contributed by atoms with Crippen molar-refractivity contribution in [3.63, 3.8) is 0 Å². The molecule has 0 saturated heterocycles. The smallest absolute Gasteiger partial charge is 0.341 e. The molecule has 4 N–H and O–H groups in total. The van der Waals surface area contributed by atoms with Gasteiger partial charge in [-0.2, -0.15) is 0 Å². The molecule has 35 heavy (non-hydrogen) atoms. The number of aromatic nitrogens is 2. The molecule has 180 valence electrons. The van der Waals surface area contributed by atoms with E-state index in [0.29, 0.717) is 39.1 Å². The van der Waals surface area contributed by atoms with Crippen LogP contribution < -0.4 is 15.8 Å². The van der Waals surface area contributed by atoms with Crippen LogP contribution in [0, 0.1) is 0 Å². The van der Waals surface area contributed by atoms with Crippen molar-refractivity contribution in [1.29, 1.82) is 0 Å². The number of nitrogen functional groups attached to an aromatic ring is 1. The number of aliphatic carboxylic acids is 1. The van der Waals surface area contributed by atoms with Gasteiger partial charge in [-0.25, -0.2) is 14.8 Å². The van der Waals surface area contributed by atoms with E-state index in [1.54, 1.807) is 37.3 Å². The number of fused-ring (bicyclic) bond motifs is 1. The van der Waals surface area contributed by atoms with Crippen LogP contribution in [0.25, 0.3) is 5.57 Å². The average molecular weight is 493 g/mol. The number of halogens is 1. The molecular formula is C26H25ClN4O4. The van der Waals surface area contributed by atoms with E-state index >= 15 is 0 Å². The summed E-state index contributed by atoms with van der Waals surface area (Å²) in [5, 5.41) is 12.2. The molecule has 1 unspecified atom stereocenters. The maximum Gasteiger partial charge on any atom is 0.341 e. The summed E-state index contributed by atoms with van der Waals surface area (Å²) < 4.78 is 5.19. The number of benzene rings is 2. The van der Waals surface area contributed by atoms with Crippen molar-refractivity contribution in [3.8, 4) is 5.75 Å². The van der Waals surface area contributed by atoms with Gasteiger partial charge in [0.2, 0.25) is 5.91 Å². The number of hydrogen-bond donors (Lipinski definition) is 3. The van der Waals surface area contributed by atoms with Gasteiger partial charge < -0.3 is 20.9 Å². The maximum atomic E-state index is 13.2. The van der Waals surface area contributed by atoms with E-state index in [4.69, 9.17) is 27.2 Å². The van der Waals surface area contributed by atoms with Crippen LogP contribution in [-0.2, 0) is 15.0 Å². The molecule has 3 aromatic rings. The molecule has 1 aliphatic rings. The van der Waals surface area contributed by atoms with Crippen LogP contribution >= 0.6 is 11.6 Å². The summed E-state index contributed by atoms with van der Waals surface area (Å²) >= 11 is 6.20. The van der Waals surface area contributed by atoms with Gasteiger partial charge in [-0.3, -0.25) is 4.79 Å². The van der Waals surface area contributed by atoms with E-state index in [0.717, 1.165) is 11.1 Å². The third kappa shape index (κ3) is 4.33. The number of ether oxygens (including phenoxy) is 1. The maximum absolute atomic E-state index is 13.2. The fourth-order valence-corrected chi connectivity index (χ4v) is 4.43. The molecule has 0 saturated carbocycles. The number of carboxylic acids is 1. The minimum Gasteiger partial charge on any atom is -0.482 e. The molecule has 0 fully saturated rings. The van der Waals surface area contributed by atoms with Crippen molar-refractivity contribution in [2.24, 2.45) is 0 Å². The molecule has 4 rings (SSSR count). The van der Waals surface area contributed by atoms with Crippen LogP contribution in [0.2, 0.25) is 5.02 Å². The van der Waals surface area contributed by atoms with Crippen LogP contribution in [0.15, 0.2) is 49.0 Å². The number of nitrogens with zero attached hydrogens (tertiary/aromatic N) is 2. The third-order valence-electron chi connectivity index (χ3n) is 6.15. The molecule has 9 heteroatoms.